The minimum absolute atomic E-state index is 0.187. The number of likely N-dealkylation sites (tertiary alicyclic amines) is 1. The van der Waals surface area contributed by atoms with E-state index in [4.69, 9.17) is 9.72 Å². The van der Waals surface area contributed by atoms with Crippen molar-refractivity contribution < 1.29 is 13.7 Å². The number of nitriles is 2. The van der Waals surface area contributed by atoms with Crippen LogP contribution in [0.5, 0.6) is 5.88 Å². The number of nitrogens with zero attached hydrogens (tertiary/aromatic N) is 7. The molecule has 6 rings (SSSR count). The maximum Gasteiger partial charge on any atom is 0.246 e. The van der Waals surface area contributed by atoms with Gasteiger partial charge in [0.25, 0.3) is 0 Å². The largest absolute Gasteiger partial charge is 0.475 e. The Hall–Kier alpha value is -3.93. The van der Waals surface area contributed by atoms with Crippen molar-refractivity contribution in [1.29, 1.82) is 10.5 Å². The molecule has 3 atom stereocenters. The summed E-state index contributed by atoms with van der Waals surface area (Å²) in [6.07, 6.45) is 6.16. The van der Waals surface area contributed by atoms with Crippen molar-refractivity contribution in [3.8, 4) is 18.0 Å². The molecule has 10 nitrogen and oxygen atoms in total. The monoisotopic (exact) mass is 613 g/mol. The van der Waals surface area contributed by atoms with Gasteiger partial charge in [0.1, 0.15) is 18.2 Å². The van der Waals surface area contributed by atoms with Gasteiger partial charge in [0.05, 0.1) is 57.8 Å². The van der Waals surface area contributed by atoms with Crippen molar-refractivity contribution in [3.05, 3.63) is 53.2 Å². The van der Waals surface area contributed by atoms with E-state index in [2.05, 4.69) is 58.7 Å². The zero-order valence-corrected chi connectivity index (χ0v) is 26.2. The van der Waals surface area contributed by atoms with E-state index in [-0.39, 0.29) is 24.4 Å². The number of anilines is 2. The molecule has 0 saturated carbocycles. The highest BCUT2D eigenvalue weighted by Crippen LogP contribution is 2.40. The molecule has 11 heteroatoms. The molecule has 0 radical (unpaired) electrons. The Balaban J connectivity index is 1.39. The number of pyridine rings is 1. The molecule has 44 heavy (non-hydrogen) atoms. The number of carbonyl (C=O) groups excluding carboxylic acids is 1. The maximum atomic E-state index is 13.2. The van der Waals surface area contributed by atoms with E-state index < -0.39 is 10.8 Å². The Bertz CT molecular complexity index is 1560. The summed E-state index contributed by atoms with van der Waals surface area (Å²) in [5.41, 5.74) is 5.23. The average Bonchev–Trinajstić information content (AvgIpc) is 3.46. The third-order valence-corrected chi connectivity index (χ3v) is 11.1. The second kappa shape index (κ2) is 13.0. The Morgan fingerprint density at radius 2 is 2.02 bits per heavy atom. The van der Waals surface area contributed by atoms with Crippen LogP contribution in [0.25, 0.3) is 0 Å². The summed E-state index contributed by atoms with van der Waals surface area (Å²) >= 11 is 0. The van der Waals surface area contributed by atoms with Gasteiger partial charge in [0, 0.05) is 43.5 Å². The van der Waals surface area contributed by atoms with Crippen LogP contribution in [0.3, 0.4) is 0 Å². The van der Waals surface area contributed by atoms with Crippen LogP contribution in [0.15, 0.2) is 35.7 Å². The van der Waals surface area contributed by atoms with Gasteiger partial charge in [-0.25, -0.2) is 4.98 Å². The molecule has 0 spiro atoms. The molecule has 1 aromatic carbocycles. The van der Waals surface area contributed by atoms with Crippen molar-refractivity contribution in [2.45, 2.75) is 62.0 Å². The quantitative estimate of drug-likeness (QED) is 0.434. The van der Waals surface area contributed by atoms with Crippen LogP contribution in [0.4, 0.5) is 11.4 Å². The zero-order valence-electron chi connectivity index (χ0n) is 25.3. The normalized spacial score (nSPS) is 23.3. The van der Waals surface area contributed by atoms with Crippen LogP contribution in [0.2, 0.25) is 0 Å². The lowest BCUT2D eigenvalue weighted by molar-refractivity contribution is -0.128. The van der Waals surface area contributed by atoms with Crippen LogP contribution in [0.1, 0.15) is 48.1 Å². The number of aryl methyl sites for hydroxylation is 1. The number of rotatable bonds is 7. The first-order valence-corrected chi connectivity index (χ1v) is 16.8. The van der Waals surface area contributed by atoms with Crippen molar-refractivity contribution in [2.24, 2.45) is 0 Å². The minimum Gasteiger partial charge on any atom is -0.475 e. The first kappa shape index (κ1) is 30.1. The van der Waals surface area contributed by atoms with E-state index >= 15 is 0 Å². The summed E-state index contributed by atoms with van der Waals surface area (Å²) in [4.78, 5) is 27.0. The van der Waals surface area contributed by atoms with Crippen LogP contribution >= 0.6 is 0 Å². The molecule has 1 unspecified atom stereocenters. The molecule has 0 aliphatic carbocycles. The molecule has 230 valence electrons. The summed E-state index contributed by atoms with van der Waals surface area (Å²) in [5, 5.41) is 20.1. The van der Waals surface area contributed by atoms with E-state index in [1.807, 2.05) is 0 Å². The van der Waals surface area contributed by atoms with Gasteiger partial charge in [-0.05, 0) is 63.4 Å². The van der Waals surface area contributed by atoms with Gasteiger partial charge >= 0.3 is 0 Å². The van der Waals surface area contributed by atoms with E-state index in [0.29, 0.717) is 62.9 Å². The zero-order chi connectivity index (χ0) is 30.8. The number of hydrogen-bond acceptors (Lipinski definition) is 9. The van der Waals surface area contributed by atoms with Crippen molar-refractivity contribution in [2.75, 3.05) is 61.9 Å². The Kier molecular flexibility index (Phi) is 8.88. The molecular formula is C33H39N7O3S. The molecule has 4 aliphatic heterocycles. The molecular weight excluding hydrogens is 574 g/mol. The maximum absolute atomic E-state index is 13.2. The topological polar surface area (TPSA) is 117 Å². The summed E-state index contributed by atoms with van der Waals surface area (Å²) < 4.78 is 19.5. The lowest BCUT2D eigenvalue weighted by atomic mass is 9.96. The number of carbonyl (C=O) groups is 1. The predicted molar refractivity (Wildman–Crippen MR) is 169 cm³/mol. The van der Waals surface area contributed by atoms with Crippen LogP contribution in [-0.2, 0) is 35.0 Å². The van der Waals surface area contributed by atoms with Crippen molar-refractivity contribution in [1.82, 2.24) is 14.8 Å². The van der Waals surface area contributed by atoms with Crippen molar-refractivity contribution in [3.63, 3.8) is 0 Å². The number of aromatic nitrogens is 1. The summed E-state index contributed by atoms with van der Waals surface area (Å²) in [6, 6.07) is 10.8. The number of amides is 1. The van der Waals surface area contributed by atoms with Crippen LogP contribution in [0, 0.1) is 22.7 Å². The summed E-state index contributed by atoms with van der Waals surface area (Å²) in [7, 11) is 1.06. The van der Waals surface area contributed by atoms with Gasteiger partial charge in [0.15, 0.2) is 0 Å². The SMILES string of the molecule is C=CC(=O)N1CCN(c2c(C#N)c(OC[C@@H]3CCCN3C)nc3c2CCN(c2cccc4c2S(=O)CCC4)C3)C[C@@H]1CC#N. The number of fused-ring (bicyclic) bond motifs is 2. The van der Waals surface area contributed by atoms with Gasteiger partial charge in [-0.2, -0.15) is 10.5 Å². The highest BCUT2D eigenvalue weighted by Gasteiger charge is 2.36. The minimum atomic E-state index is -1.03. The van der Waals surface area contributed by atoms with Crippen molar-refractivity contribution >= 4 is 28.1 Å². The van der Waals surface area contributed by atoms with Gasteiger partial charge in [0.2, 0.25) is 11.8 Å². The molecule has 0 bridgehead atoms. The number of hydrogen-bond donors (Lipinski definition) is 0. The highest BCUT2D eigenvalue weighted by molar-refractivity contribution is 7.85. The molecule has 1 aromatic heterocycles. The summed E-state index contributed by atoms with van der Waals surface area (Å²) in [5.74, 6) is 0.828. The Morgan fingerprint density at radius 1 is 1.16 bits per heavy atom. The fourth-order valence-electron chi connectivity index (χ4n) is 7.18. The predicted octanol–water partition coefficient (Wildman–Crippen LogP) is 3.16. The molecule has 2 fully saturated rings. The van der Waals surface area contributed by atoms with Gasteiger partial charge in [-0.1, -0.05) is 18.7 Å². The molecule has 1 amide bonds. The number of likely N-dealkylation sites (N-methyl/N-ethyl adjacent to an activating group) is 1. The second-order valence-corrected chi connectivity index (χ2v) is 13.6. The molecule has 5 heterocycles. The van der Waals surface area contributed by atoms with Gasteiger partial charge in [-0.3, -0.25) is 9.00 Å². The van der Waals surface area contributed by atoms with E-state index in [0.717, 1.165) is 65.3 Å². The molecule has 4 aliphatic rings. The van der Waals surface area contributed by atoms with E-state index in [1.165, 1.54) is 6.08 Å². The average molecular weight is 614 g/mol. The third-order valence-electron chi connectivity index (χ3n) is 9.49. The van der Waals surface area contributed by atoms with Gasteiger partial charge < -0.3 is 24.3 Å². The number of ether oxygens (including phenoxy) is 1. The first-order chi connectivity index (χ1) is 21.4. The fourth-order valence-corrected chi connectivity index (χ4v) is 8.68. The van der Waals surface area contributed by atoms with Crippen LogP contribution < -0.4 is 14.5 Å². The smallest absolute Gasteiger partial charge is 0.246 e. The van der Waals surface area contributed by atoms with Crippen LogP contribution in [-0.4, -0.2) is 89.1 Å². The highest BCUT2D eigenvalue weighted by atomic mass is 32.2. The number of benzene rings is 1. The fraction of sp³-hybridized carbons (Fsp3) is 0.515. The summed E-state index contributed by atoms with van der Waals surface area (Å²) in [6.45, 7) is 7.70. The Morgan fingerprint density at radius 3 is 2.77 bits per heavy atom. The lowest BCUT2D eigenvalue weighted by Crippen LogP contribution is -2.55. The second-order valence-electron chi connectivity index (χ2n) is 12.1. The van der Waals surface area contributed by atoms with Gasteiger partial charge in [-0.15, -0.1) is 0 Å². The third kappa shape index (κ3) is 5.67. The first-order valence-electron chi connectivity index (χ1n) is 15.5. The Labute approximate surface area is 261 Å². The molecule has 2 saturated heterocycles. The standard InChI is InChI=1S/C33H39N7O3S/c1-3-30(41)40-17-16-39(20-24(40)11-13-34)31-26-12-15-38(29-10-4-7-23-8-6-18-44(42)32(23)29)21-28(26)36-33(27(31)19-35)43-22-25-9-5-14-37(25)2/h3-4,7,10,24-25H,1,5-6,8-9,11-12,14-18,20-22H2,2H3/t24-,25-,44?/m0/s1. The molecule has 0 N–H and O–H groups in total. The molecule has 2 aromatic rings. The lowest BCUT2D eigenvalue weighted by Gasteiger charge is -2.43. The van der Waals surface area contributed by atoms with E-state index in [9.17, 15) is 19.5 Å². The number of piperazine rings is 1. The van der Waals surface area contributed by atoms with E-state index in [1.54, 1.807) is 4.90 Å².